The lowest BCUT2D eigenvalue weighted by Gasteiger charge is -2.02. The number of nitrogens with zero attached hydrogens (tertiary/aromatic N) is 2. The second kappa shape index (κ2) is 8.35. The van der Waals surface area contributed by atoms with Crippen molar-refractivity contribution in [1.29, 1.82) is 0 Å². The molecule has 2 rings (SSSR count). The molecule has 6 heteroatoms. The maximum Gasteiger partial charge on any atom is 0.271 e. The SMILES string of the molecule is Cl.NCCCCNC(=O)c1ccn(-c2ccccc2)n1. The average molecular weight is 295 g/mol. The number of hydrogen-bond acceptors (Lipinski definition) is 3. The summed E-state index contributed by atoms with van der Waals surface area (Å²) in [5.74, 6) is -0.147. The van der Waals surface area contributed by atoms with Crippen LogP contribution in [0.4, 0.5) is 0 Å². The van der Waals surface area contributed by atoms with Crippen molar-refractivity contribution in [3.05, 3.63) is 48.3 Å². The number of carbonyl (C=O) groups is 1. The molecule has 20 heavy (non-hydrogen) atoms. The molecule has 0 saturated carbocycles. The zero-order valence-electron chi connectivity index (χ0n) is 11.2. The van der Waals surface area contributed by atoms with Gasteiger partial charge in [0.1, 0.15) is 0 Å². The first-order valence-electron chi connectivity index (χ1n) is 6.40. The number of aromatic nitrogens is 2. The van der Waals surface area contributed by atoms with Crippen LogP contribution in [0.15, 0.2) is 42.6 Å². The molecule has 5 nitrogen and oxygen atoms in total. The second-order valence-electron chi connectivity index (χ2n) is 4.23. The van der Waals surface area contributed by atoms with Crippen LogP contribution < -0.4 is 11.1 Å². The highest BCUT2D eigenvalue weighted by atomic mass is 35.5. The summed E-state index contributed by atoms with van der Waals surface area (Å²) in [4.78, 5) is 11.8. The Balaban J connectivity index is 0.00000200. The zero-order chi connectivity index (χ0) is 13.5. The molecule has 0 unspecified atom stereocenters. The van der Waals surface area contributed by atoms with E-state index in [2.05, 4.69) is 10.4 Å². The number of hydrogen-bond donors (Lipinski definition) is 2. The van der Waals surface area contributed by atoms with Crippen LogP contribution in [-0.4, -0.2) is 28.8 Å². The van der Waals surface area contributed by atoms with Gasteiger partial charge in [-0.3, -0.25) is 4.79 Å². The first-order valence-corrected chi connectivity index (χ1v) is 6.40. The van der Waals surface area contributed by atoms with E-state index in [0.717, 1.165) is 18.5 Å². The molecule has 0 aliphatic heterocycles. The van der Waals surface area contributed by atoms with E-state index in [1.54, 1.807) is 16.9 Å². The number of unbranched alkanes of at least 4 members (excludes halogenated alkanes) is 1. The van der Waals surface area contributed by atoms with Crippen LogP contribution in [0, 0.1) is 0 Å². The van der Waals surface area contributed by atoms with Gasteiger partial charge >= 0.3 is 0 Å². The molecule has 0 radical (unpaired) electrons. The van der Waals surface area contributed by atoms with E-state index in [-0.39, 0.29) is 18.3 Å². The molecule has 1 aromatic heterocycles. The van der Waals surface area contributed by atoms with Gasteiger partial charge in [-0.05, 0) is 37.6 Å². The predicted octanol–water partition coefficient (Wildman–Crippen LogP) is 1.76. The lowest BCUT2D eigenvalue weighted by atomic mass is 10.3. The molecule has 1 aromatic carbocycles. The Morgan fingerprint density at radius 1 is 1.20 bits per heavy atom. The first-order chi connectivity index (χ1) is 9.31. The number of para-hydroxylation sites is 1. The van der Waals surface area contributed by atoms with E-state index in [1.165, 1.54) is 0 Å². The zero-order valence-corrected chi connectivity index (χ0v) is 12.0. The van der Waals surface area contributed by atoms with Crippen molar-refractivity contribution in [2.24, 2.45) is 5.73 Å². The number of halogens is 1. The third-order valence-corrected chi connectivity index (χ3v) is 2.76. The van der Waals surface area contributed by atoms with Gasteiger partial charge in [-0.15, -0.1) is 12.4 Å². The number of rotatable bonds is 6. The van der Waals surface area contributed by atoms with Crippen molar-refractivity contribution >= 4 is 18.3 Å². The second-order valence-corrected chi connectivity index (χ2v) is 4.23. The standard InChI is InChI=1S/C14H18N4O.ClH/c15-9-4-5-10-16-14(19)13-8-11-18(17-13)12-6-2-1-3-7-12;/h1-3,6-8,11H,4-5,9-10,15H2,(H,16,19);1H. The van der Waals surface area contributed by atoms with Crippen molar-refractivity contribution in [3.63, 3.8) is 0 Å². The fourth-order valence-electron chi connectivity index (χ4n) is 1.73. The normalized spacial score (nSPS) is 9.85. The molecule has 108 valence electrons. The molecule has 0 bridgehead atoms. The average Bonchev–Trinajstić information content (AvgIpc) is 2.94. The van der Waals surface area contributed by atoms with Crippen molar-refractivity contribution < 1.29 is 4.79 Å². The van der Waals surface area contributed by atoms with Gasteiger partial charge in [-0.25, -0.2) is 4.68 Å². The number of nitrogens with one attached hydrogen (secondary N) is 1. The van der Waals surface area contributed by atoms with Gasteiger partial charge < -0.3 is 11.1 Å². The van der Waals surface area contributed by atoms with Crippen LogP contribution in [0.5, 0.6) is 0 Å². The van der Waals surface area contributed by atoms with E-state index in [9.17, 15) is 4.79 Å². The van der Waals surface area contributed by atoms with E-state index in [1.807, 2.05) is 30.3 Å². The quantitative estimate of drug-likeness (QED) is 0.798. The summed E-state index contributed by atoms with van der Waals surface area (Å²) in [7, 11) is 0. The maximum absolute atomic E-state index is 11.8. The first kappa shape index (κ1) is 16.2. The van der Waals surface area contributed by atoms with Crippen LogP contribution in [0.25, 0.3) is 5.69 Å². The van der Waals surface area contributed by atoms with Crippen LogP contribution in [0.3, 0.4) is 0 Å². The topological polar surface area (TPSA) is 72.9 Å². The monoisotopic (exact) mass is 294 g/mol. The summed E-state index contributed by atoms with van der Waals surface area (Å²) in [6, 6.07) is 11.4. The predicted molar refractivity (Wildman–Crippen MR) is 81.4 cm³/mol. The maximum atomic E-state index is 11.8. The highest BCUT2D eigenvalue weighted by Gasteiger charge is 2.09. The van der Waals surface area contributed by atoms with Crippen LogP contribution in [-0.2, 0) is 0 Å². The Bertz CT molecular complexity index is 527. The van der Waals surface area contributed by atoms with Gasteiger partial charge in [0.2, 0.25) is 0 Å². The summed E-state index contributed by atoms with van der Waals surface area (Å²) in [6.45, 7) is 1.28. The van der Waals surface area contributed by atoms with Crippen LogP contribution in [0.1, 0.15) is 23.3 Å². The minimum Gasteiger partial charge on any atom is -0.351 e. The lowest BCUT2D eigenvalue weighted by molar-refractivity contribution is 0.0947. The lowest BCUT2D eigenvalue weighted by Crippen LogP contribution is -2.25. The largest absolute Gasteiger partial charge is 0.351 e. The van der Waals surface area contributed by atoms with Crippen molar-refractivity contribution in [3.8, 4) is 5.69 Å². The van der Waals surface area contributed by atoms with Gasteiger partial charge in [0.15, 0.2) is 5.69 Å². The summed E-state index contributed by atoms with van der Waals surface area (Å²) < 4.78 is 1.69. The molecule has 0 aliphatic rings. The van der Waals surface area contributed by atoms with Crippen LogP contribution >= 0.6 is 12.4 Å². The Kier molecular flexibility index (Phi) is 6.76. The third-order valence-electron chi connectivity index (χ3n) is 2.76. The molecule has 1 amide bonds. The van der Waals surface area contributed by atoms with E-state index in [0.29, 0.717) is 18.8 Å². The smallest absolute Gasteiger partial charge is 0.271 e. The molecule has 0 fully saturated rings. The summed E-state index contributed by atoms with van der Waals surface area (Å²) >= 11 is 0. The number of carbonyl (C=O) groups excluding carboxylic acids is 1. The third kappa shape index (κ3) is 4.36. The summed E-state index contributed by atoms with van der Waals surface area (Å²) in [5, 5.41) is 7.09. The Hall–Kier alpha value is -1.85. The number of benzene rings is 1. The highest BCUT2D eigenvalue weighted by molar-refractivity contribution is 5.92. The molecule has 2 aromatic rings. The molecular formula is C14H19ClN4O. The minimum absolute atomic E-state index is 0. The highest BCUT2D eigenvalue weighted by Crippen LogP contribution is 2.06. The van der Waals surface area contributed by atoms with Gasteiger partial charge in [-0.2, -0.15) is 5.10 Å². The van der Waals surface area contributed by atoms with E-state index >= 15 is 0 Å². The molecule has 1 heterocycles. The van der Waals surface area contributed by atoms with Gasteiger partial charge in [0, 0.05) is 12.7 Å². The van der Waals surface area contributed by atoms with E-state index < -0.39 is 0 Å². The van der Waals surface area contributed by atoms with Crippen molar-refractivity contribution in [1.82, 2.24) is 15.1 Å². The summed E-state index contributed by atoms with van der Waals surface area (Å²) in [5.41, 5.74) is 6.76. The van der Waals surface area contributed by atoms with Gasteiger partial charge in [0.05, 0.1) is 5.69 Å². The van der Waals surface area contributed by atoms with Gasteiger partial charge in [0.25, 0.3) is 5.91 Å². The Labute approximate surface area is 124 Å². The number of amides is 1. The molecule has 0 atom stereocenters. The number of nitrogens with two attached hydrogens (primary N) is 1. The van der Waals surface area contributed by atoms with Gasteiger partial charge in [-0.1, -0.05) is 18.2 Å². The molecule has 0 aliphatic carbocycles. The summed E-state index contributed by atoms with van der Waals surface area (Å²) in [6.07, 6.45) is 3.59. The van der Waals surface area contributed by atoms with Crippen molar-refractivity contribution in [2.75, 3.05) is 13.1 Å². The van der Waals surface area contributed by atoms with E-state index in [4.69, 9.17) is 5.73 Å². The molecule has 3 N–H and O–H groups in total. The molecular weight excluding hydrogens is 276 g/mol. The molecule has 0 saturated heterocycles. The Morgan fingerprint density at radius 2 is 1.95 bits per heavy atom. The molecule has 0 spiro atoms. The fourth-order valence-corrected chi connectivity index (χ4v) is 1.73. The van der Waals surface area contributed by atoms with Crippen molar-refractivity contribution in [2.45, 2.75) is 12.8 Å². The Morgan fingerprint density at radius 3 is 2.65 bits per heavy atom. The fraction of sp³-hybridized carbons (Fsp3) is 0.286. The van der Waals surface area contributed by atoms with Crippen LogP contribution in [0.2, 0.25) is 0 Å². The minimum atomic E-state index is -0.147.